The first kappa shape index (κ1) is 25.9. The molecule has 3 rings (SSSR count). The predicted octanol–water partition coefficient (Wildman–Crippen LogP) is 5.17. The molecule has 11 heteroatoms. The van der Waals surface area contributed by atoms with Crippen molar-refractivity contribution in [1.82, 2.24) is 4.90 Å². The predicted molar refractivity (Wildman–Crippen MR) is 132 cm³/mol. The summed E-state index contributed by atoms with van der Waals surface area (Å²) in [6, 6.07) is 10.2. The summed E-state index contributed by atoms with van der Waals surface area (Å²) in [4.78, 5) is 38.0. The number of benzene rings is 2. The number of thioether (sulfide) groups is 1. The quantitative estimate of drug-likeness (QED) is 0.286. The van der Waals surface area contributed by atoms with Crippen molar-refractivity contribution in [3.05, 3.63) is 56.4 Å². The lowest BCUT2D eigenvalue weighted by molar-refractivity contribution is -0.143. The molecule has 0 atom stereocenters. The molecule has 0 unspecified atom stereocenters. The maximum atomic E-state index is 12.8. The molecule has 1 aliphatic heterocycles. The van der Waals surface area contributed by atoms with Gasteiger partial charge in [0.15, 0.2) is 18.1 Å². The number of rotatable bonds is 10. The van der Waals surface area contributed by atoms with Crippen molar-refractivity contribution in [2.75, 3.05) is 33.5 Å². The fourth-order valence-electron chi connectivity index (χ4n) is 2.89. The lowest BCUT2D eigenvalue weighted by Crippen LogP contribution is -2.32. The van der Waals surface area contributed by atoms with Gasteiger partial charge in [0.25, 0.3) is 11.1 Å². The normalized spacial score (nSPS) is 14.5. The van der Waals surface area contributed by atoms with E-state index in [0.717, 1.165) is 16.7 Å². The Kier molecular flexibility index (Phi) is 9.26. The van der Waals surface area contributed by atoms with Crippen LogP contribution in [0.5, 0.6) is 17.2 Å². The number of hydrogen-bond donors (Lipinski definition) is 0. The molecule has 0 spiro atoms. The Morgan fingerprint density at radius 2 is 1.88 bits per heavy atom. The summed E-state index contributed by atoms with van der Waals surface area (Å²) in [7, 11) is 1.27. The zero-order valence-corrected chi connectivity index (χ0v) is 21.5. The molecule has 1 aliphatic rings. The standard InChI is InChI=1S/C23H21BrClNO7S/c1-3-31-18-11-14(10-17(24)21(18)33-13-20(27)30-2)12-19-22(28)26(23(29)34-19)8-9-32-16-6-4-15(25)5-7-16/h4-7,10-12H,3,8-9,13H2,1-2H3/b19-12-. The van der Waals surface area contributed by atoms with Gasteiger partial charge in [0.2, 0.25) is 0 Å². The van der Waals surface area contributed by atoms with Gasteiger partial charge in [-0.3, -0.25) is 14.5 Å². The van der Waals surface area contributed by atoms with E-state index >= 15 is 0 Å². The monoisotopic (exact) mass is 569 g/mol. The van der Waals surface area contributed by atoms with E-state index in [4.69, 9.17) is 25.8 Å². The second-order valence-electron chi connectivity index (χ2n) is 6.76. The van der Waals surface area contributed by atoms with Crippen molar-refractivity contribution in [2.45, 2.75) is 6.92 Å². The second kappa shape index (κ2) is 12.1. The highest BCUT2D eigenvalue weighted by molar-refractivity contribution is 9.10. The number of carbonyl (C=O) groups excluding carboxylic acids is 3. The van der Waals surface area contributed by atoms with Gasteiger partial charge in [-0.1, -0.05) is 11.6 Å². The Labute approximate surface area is 214 Å². The molecule has 0 bridgehead atoms. The molecule has 2 aromatic carbocycles. The van der Waals surface area contributed by atoms with Crippen LogP contribution in [-0.4, -0.2) is 55.5 Å². The molecule has 0 radical (unpaired) electrons. The third kappa shape index (κ3) is 6.68. The highest BCUT2D eigenvalue weighted by atomic mass is 79.9. The summed E-state index contributed by atoms with van der Waals surface area (Å²) in [5, 5.41) is 0.212. The van der Waals surface area contributed by atoms with E-state index in [1.54, 1.807) is 42.5 Å². The van der Waals surface area contributed by atoms with E-state index in [-0.39, 0.29) is 29.9 Å². The van der Waals surface area contributed by atoms with E-state index in [9.17, 15) is 14.4 Å². The molecular weight excluding hydrogens is 550 g/mol. The van der Waals surface area contributed by atoms with Crippen LogP contribution in [0.15, 0.2) is 45.8 Å². The van der Waals surface area contributed by atoms with Gasteiger partial charge in [-0.2, -0.15) is 0 Å². The number of carbonyl (C=O) groups is 3. The van der Waals surface area contributed by atoms with Crippen LogP contribution in [-0.2, 0) is 14.3 Å². The van der Waals surface area contributed by atoms with Crippen molar-refractivity contribution in [1.29, 1.82) is 0 Å². The second-order valence-corrected chi connectivity index (χ2v) is 9.05. The molecular formula is C23H21BrClNO7S. The minimum absolute atomic E-state index is 0.110. The summed E-state index contributed by atoms with van der Waals surface area (Å²) in [6.07, 6.45) is 1.60. The van der Waals surface area contributed by atoms with E-state index in [1.807, 2.05) is 6.92 Å². The molecule has 0 N–H and O–H groups in total. The lowest BCUT2D eigenvalue weighted by atomic mass is 10.2. The van der Waals surface area contributed by atoms with Crippen LogP contribution >= 0.6 is 39.3 Å². The zero-order chi connectivity index (χ0) is 24.7. The SMILES string of the molecule is CCOc1cc(/C=C2\SC(=O)N(CCOc3ccc(Cl)cc3)C2=O)cc(Br)c1OCC(=O)OC. The van der Waals surface area contributed by atoms with Gasteiger partial charge in [-0.05, 0) is 82.7 Å². The molecule has 1 heterocycles. The third-order valence-corrected chi connectivity index (χ3v) is 6.21. The number of esters is 1. The van der Waals surface area contributed by atoms with Gasteiger partial charge < -0.3 is 18.9 Å². The third-order valence-electron chi connectivity index (χ3n) is 4.46. The molecule has 0 saturated carbocycles. The number of halogens is 2. The summed E-state index contributed by atoms with van der Waals surface area (Å²) < 4.78 is 21.8. The molecule has 1 fully saturated rings. The Bertz CT molecular complexity index is 1110. The molecule has 1 saturated heterocycles. The van der Waals surface area contributed by atoms with Gasteiger partial charge in [-0.15, -0.1) is 0 Å². The van der Waals surface area contributed by atoms with Crippen molar-refractivity contribution in [3.8, 4) is 17.2 Å². The topological polar surface area (TPSA) is 91.4 Å². The van der Waals surface area contributed by atoms with Crippen molar-refractivity contribution in [2.24, 2.45) is 0 Å². The smallest absolute Gasteiger partial charge is 0.343 e. The van der Waals surface area contributed by atoms with E-state index in [2.05, 4.69) is 20.7 Å². The number of imide groups is 1. The molecule has 34 heavy (non-hydrogen) atoms. The fourth-order valence-corrected chi connectivity index (χ4v) is 4.46. The van der Waals surface area contributed by atoms with Crippen molar-refractivity contribution >= 4 is 62.5 Å². The number of ether oxygens (including phenoxy) is 4. The average Bonchev–Trinajstić information content (AvgIpc) is 3.07. The van der Waals surface area contributed by atoms with Crippen molar-refractivity contribution < 1.29 is 33.3 Å². The molecule has 2 amide bonds. The molecule has 0 aliphatic carbocycles. The van der Waals surface area contributed by atoms with Gasteiger partial charge in [-0.25, -0.2) is 4.79 Å². The number of nitrogens with zero attached hydrogens (tertiary/aromatic N) is 1. The minimum Gasteiger partial charge on any atom is -0.492 e. The molecule has 0 aromatic heterocycles. The Morgan fingerprint density at radius 3 is 2.56 bits per heavy atom. The van der Waals surface area contributed by atoms with Crippen LogP contribution in [0.2, 0.25) is 5.02 Å². The average molecular weight is 571 g/mol. The summed E-state index contributed by atoms with van der Waals surface area (Å²) in [5.74, 6) is 0.358. The van der Waals surface area contributed by atoms with Crippen LogP contribution in [0.3, 0.4) is 0 Å². The Hall–Kier alpha value is -2.69. The van der Waals surface area contributed by atoms with Gasteiger partial charge in [0, 0.05) is 5.02 Å². The Balaban J connectivity index is 1.71. The summed E-state index contributed by atoms with van der Waals surface area (Å²) in [6.45, 7) is 2.14. The summed E-state index contributed by atoms with van der Waals surface area (Å²) >= 11 is 10.1. The van der Waals surface area contributed by atoms with E-state index in [0.29, 0.717) is 38.9 Å². The fraction of sp³-hybridized carbons (Fsp3) is 0.261. The van der Waals surface area contributed by atoms with Crippen molar-refractivity contribution in [3.63, 3.8) is 0 Å². The first-order valence-corrected chi connectivity index (χ1v) is 12.1. The first-order chi connectivity index (χ1) is 16.3. The number of amides is 2. The molecule has 180 valence electrons. The van der Waals surface area contributed by atoms with Crippen LogP contribution in [0.25, 0.3) is 6.08 Å². The van der Waals surface area contributed by atoms with Crippen LogP contribution in [0.4, 0.5) is 4.79 Å². The molecule has 8 nitrogen and oxygen atoms in total. The van der Waals surface area contributed by atoms with E-state index in [1.165, 1.54) is 7.11 Å². The lowest BCUT2D eigenvalue weighted by Gasteiger charge is -2.14. The first-order valence-electron chi connectivity index (χ1n) is 10.1. The van der Waals surface area contributed by atoms with Gasteiger partial charge >= 0.3 is 5.97 Å². The van der Waals surface area contributed by atoms with Crippen LogP contribution in [0.1, 0.15) is 12.5 Å². The minimum atomic E-state index is -0.535. The summed E-state index contributed by atoms with van der Waals surface area (Å²) in [5.41, 5.74) is 0.614. The maximum Gasteiger partial charge on any atom is 0.343 e. The van der Waals surface area contributed by atoms with Gasteiger partial charge in [0.05, 0.1) is 29.6 Å². The van der Waals surface area contributed by atoms with Crippen LogP contribution in [0, 0.1) is 0 Å². The van der Waals surface area contributed by atoms with E-state index < -0.39 is 11.9 Å². The highest BCUT2D eigenvalue weighted by Gasteiger charge is 2.35. The Morgan fingerprint density at radius 1 is 1.15 bits per heavy atom. The molecule has 2 aromatic rings. The van der Waals surface area contributed by atoms with Crippen LogP contribution < -0.4 is 14.2 Å². The zero-order valence-electron chi connectivity index (χ0n) is 18.3. The maximum absolute atomic E-state index is 12.8. The van der Waals surface area contributed by atoms with Gasteiger partial charge in [0.1, 0.15) is 12.4 Å². The highest BCUT2D eigenvalue weighted by Crippen LogP contribution is 2.39. The number of methoxy groups -OCH3 is 1. The number of hydrogen-bond acceptors (Lipinski definition) is 8. The largest absolute Gasteiger partial charge is 0.492 e.